The van der Waals surface area contributed by atoms with Crippen molar-refractivity contribution < 1.29 is 4.42 Å². The maximum Gasteiger partial charge on any atom is 0.169 e. The van der Waals surface area contributed by atoms with Gasteiger partial charge in [-0.1, -0.05) is 0 Å². The lowest BCUT2D eigenvalue weighted by Crippen LogP contribution is -2.49. The largest absolute Gasteiger partial charge is 0.453 e. The summed E-state index contributed by atoms with van der Waals surface area (Å²) in [6, 6.07) is 6.04. The molecule has 15 heavy (non-hydrogen) atoms. The highest BCUT2D eigenvalue weighted by Crippen LogP contribution is 2.17. The van der Waals surface area contributed by atoms with Crippen molar-refractivity contribution in [2.24, 2.45) is 0 Å². The Balaban J connectivity index is 2.01. The predicted octanol–water partition coefficient (Wildman–Crippen LogP) is 1.34. The minimum atomic E-state index is -0.0531. The topological polar surface area (TPSA) is 52.2 Å². The summed E-state index contributed by atoms with van der Waals surface area (Å²) in [5, 5.41) is 12.2. The molecule has 0 spiro atoms. The van der Waals surface area contributed by atoms with Gasteiger partial charge in [0.05, 0.1) is 12.6 Å². The molecule has 1 atom stereocenters. The molecule has 0 aromatic carbocycles. The van der Waals surface area contributed by atoms with Crippen molar-refractivity contribution in [1.29, 1.82) is 5.26 Å². The Morgan fingerprint density at radius 2 is 2.53 bits per heavy atom. The van der Waals surface area contributed by atoms with Crippen molar-refractivity contribution >= 4 is 15.9 Å². The van der Waals surface area contributed by atoms with Crippen LogP contribution >= 0.6 is 15.9 Å². The molecule has 0 aliphatic carbocycles. The van der Waals surface area contributed by atoms with Crippen LogP contribution in [0.15, 0.2) is 21.2 Å². The van der Waals surface area contributed by atoms with Crippen LogP contribution in [0.1, 0.15) is 5.76 Å². The molecular formula is C10H12BrN3O. The van der Waals surface area contributed by atoms with Crippen molar-refractivity contribution in [3.8, 4) is 6.07 Å². The van der Waals surface area contributed by atoms with Crippen molar-refractivity contribution in [1.82, 2.24) is 10.2 Å². The van der Waals surface area contributed by atoms with Gasteiger partial charge in [-0.15, -0.1) is 0 Å². The van der Waals surface area contributed by atoms with Gasteiger partial charge < -0.3 is 9.73 Å². The molecule has 0 saturated carbocycles. The van der Waals surface area contributed by atoms with E-state index in [1.54, 1.807) is 0 Å². The second-order valence-electron chi connectivity index (χ2n) is 3.53. The average Bonchev–Trinajstić information content (AvgIpc) is 2.65. The molecule has 1 aliphatic rings. The smallest absolute Gasteiger partial charge is 0.169 e. The highest BCUT2D eigenvalue weighted by atomic mass is 79.9. The Bertz CT molecular complexity index is 371. The lowest BCUT2D eigenvalue weighted by Gasteiger charge is -2.30. The fourth-order valence-electron chi connectivity index (χ4n) is 1.70. The van der Waals surface area contributed by atoms with Crippen molar-refractivity contribution in [2.75, 3.05) is 19.6 Å². The normalized spacial score (nSPS) is 22.5. The number of furan rings is 1. The summed E-state index contributed by atoms with van der Waals surface area (Å²) in [5.41, 5.74) is 0. The van der Waals surface area contributed by atoms with E-state index in [-0.39, 0.29) is 6.04 Å². The monoisotopic (exact) mass is 269 g/mol. The van der Waals surface area contributed by atoms with Gasteiger partial charge in [0.25, 0.3) is 0 Å². The van der Waals surface area contributed by atoms with Crippen molar-refractivity contribution in [2.45, 2.75) is 12.6 Å². The van der Waals surface area contributed by atoms with E-state index in [1.807, 2.05) is 12.1 Å². The fraction of sp³-hybridized carbons (Fsp3) is 0.500. The second-order valence-corrected chi connectivity index (χ2v) is 4.31. The van der Waals surface area contributed by atoms with Crippen LogP contribution in [0.3, 0.4) is 0 Å². The molecule has 1 N–H and O–H groups in total. The molecular weight excluding hydrogens is 258 g/mol. The van der Waals surface area contributed by atoms with Gasteiger partial charge in [0.1, 0.15) is 11.8 Å². The van der Waals surface area contributed by atoms with Gasteiger partial charge in [-0.05, 0) is 28.1 Å². The second kappa shape index (κ2) is 4.79. The quantitative estimate of drug-likeness (QED) is 0.881. The molecule has 1 saturated heterocycles. The third kappa shape index (κ3) is 2.59. The van der Waals surface area contributed by atoms with E-state index in [9.17, 15) is 0 Å². The number of nitrogens with one attached hydrogen (secondary N) is 1. The average molecular weight is 270 g/mol. The van der Waals surface area contributed by atoms with Gasteiger partial charge in [0, 0.05) is 19.6 Å². The van der Waals surface area contributed by atoms with Crippen LogP contribution < -0.4 is 5.32 Å². The fourth-order valence-corrected chi connectivity index (χ4v) is 2.04. The molecule has 80 valence electrons. The molecule has 1 fully saturated rings. The van der Waals surface area contributed by atoms with Crippen LogP contribution in [0.2, 0.25) is 0 Å². The number of nitrogens with zero attached hydrogens (tertiary/aromatic N) is 2. The number of hydrogen-bond donors (Lipinski definition) is 1. The summed E-state index contributed by atoms with van der Waals surface area (Å²) in [6.45, 7) is 3.25. The third-order valence-corrected chi connectivity index (χ3v) is 2.92. The number of hydrogen-bond acceptors (Lipinski definition) is 4. The highest BCUT2D eigenvalue weighted by molar-refractivity contribution is 9.10. The van der Waals surface area contributed by atoms with Gasteiger partial charge in [-0.3, -0.25) is 4.90 Å². The number of halogens is 1. The lowest BCUT2D eigenvalue weighted by atomic mass is 10.2. The Hall–Kier alpha value is -0.830. The first-order valence-corrected chi connectivity index (χ1v) is 5.67. The minimum Gasteiger partial charge on any atom is -0.453 e. The summed E-state index contributed by atoms with van der Waals surface area (Å²) in [6.07, 6.45) is 0. The van der Waals surface area contributed by atoms with Gasteiger partial charge in [0.15, 0.2) is 4.67 Å². The van der Waals surface area contributed by atoms with Gasteiger partial charge in [-0.25, -0.2) is 0 Å². The third-order valence-electron chi connectivity index (χ3n) is 2.49. The van der Waals surface area contributed by atoms with Gasteiger partial charge in [0.2, 0.25) is 0 Å². The van der Waals surface area contributed by atoms with Crippen LogP contribution in [0.25, 0.3) is 0 Å². The van der Waals surface area contributed by atoms with Gasteiger partial charge in [-0.2, -0.15) is 5.26 Å². The van der Waals surface area contributed by atoms with E-state index in [4.69, 9.17) is 9.68 Å². The van der Waals surface area contributed by atoms with Crippen molar-refractivity contribution in [3.63, 3.8) is 0 Å². The summed E-state index contributed by atoms with van der Waals surface area (Å²) in [7, 11) is 0. The van der Waals surface area contributed by atoms with Crippen LogP contribution in [0.5, 0.6) is 0 Å². The summed E-state index contributed by atoms with van der Waals surface area (Å²) in [4.78, 5) is 2.13. The van der Waals surface area contributed by atoms with Crippen LogP contribution in [-0.2, 0) is 6.54 Å². The Morgan fingerprint density at radius 3 is 3.20 bits per heavy atom. The van der Waals surface area contributed by atoms with E-state index in [1.165, 1.54) is 0 Å². The predicted molar refractivity (Wildman–Crippen MR) is 59.1 cm³/mol. The number of rotatable bonds is 2. The van der Waals surface area contributed by atoms with Crippen LogP contribution in [-0.4, -0.2) is 30.6 Å². The first kappa shape index (κ1) is 10.7. The Morgan fingerprint density at radius 1 is 1.67 bits per heavy atom. The molecule has 1 unspecified atom stereocenters. The first-order valence-electron chi connectivity index (χ1n) is 4.88. The molecule has 0 amide bonds. The van der Waals surface area contributed by atoms with Gasteiger partial charge >= 0.3 is 0 Å². The molecule has 2 heterocycles. The molecule has 2 rings (SSSR count). The minimum absolute atomic E-state index is 0.0531. The zero-order valence-electron chi connectivity index (χ0n) is 8.24. The Kier molecular flexibility index (Phi) is 3.41. The summed E-state index contributed by atoms with van der Waals surface area (Å²) < 4.78 is 6.16. The molecule has 5 heteroatoms. The Labute approximate surface area is 97.0 Å². The van der Waals surface area contributed by atoms with Crippen LogP contribution in [0.4, 0.5) is 0 Å². The first-order chi connectivity index (χ1) is 7.29. The highest BCUT2D eigenvalue weighted by Gasteiger charge is 2.22. The van der Waals surface area contributed by atoms with Crippen molar-refractivity contribution in [3.05, 3.63) is 22.6 Å². The summed E-state index contributed by atoms with van der Waals surface area (Å²) >= 11 is 3.27. The molecule has 0 bridgehead atoms. The van der Waals surface area contributed by atoms with E-state index < -0.39 is 0 Å². The molecule has 1 aliphatic heterocycles. The van der Waals surface area contributed by atoms with Crippen LogP contribution in [0, 0.1) is 11.3 Å². The maximum atomic E-state index is 8.97. The van der Waals surface area contributed by atoms with E-state index in [0.29, 0.717) is 6.54 Å². The van der Waals surface area contributed by atoms with E-state index >= 15 is 0 Å². The number of piperazine rings is 1. The molecule has 4 nitrogen and oxygen atoms in total. The van der Waals surface area contributed by atoms with E-state index in [2.05, 4.69) is 32.2 Å². The maximum absolute atomic E-state index is 8.97. The lowest BCUT2D eigenvalue weighted by molar-refractivity contribution is 0.175. The molecule has 0 radical (unpaired) electrons. The summed E-state index contributed by atoms with van der Waals surface area (Å²) in [5.74, 6) is 0.893. The zero-order chi connectivity index (χ0) is 10.7. The number of nitriles is 1. The van der Waals surface area contributed by atoms with E-state index in [0.717, 1.165) is 30.1 Å². The standard InChI is InChI=1S/C10H12BrN3O/c11-10-2-1-9(15-10)7-14-4-3-13-6-8(14)5-12/h1-2,8,13H,3-4,6-7H2. The SMILES string of the molecule is N#CC1CNCCN1Cc1ccc(Br)o1. The zero-order valence-corrected chi connectivity index (χ0v) is 9.83. The molecule has 1 aromatic rings. The molecule has 1 aromatic heterocycles.